The molecule has 2 atom stereocenters. The van der Waals surface area contributed by atoms with E-state index in [0.29, 0.717) is 17.3 Å². The number of rotatable bonds is 4. The van der Waals surface area contributed by atoms with Crippen LogP contribution in [0.15, 0.2) is 24.3 Å². The Morgan fingerprint density at radius 1 is 1.48 bits per heavy atom. The first-order valence-electron chi connectivity index (χ1n) is 7.84. The van der Waals surface area contributed by atoms with E-state index in [4.69, 9.17) is 11.6 Å². The van der Waals surface area contributed by atoms with Crippen molar-refractivity contribution in [1.29, 1.82) is 0 Å². The molecular weight excluding hydrogens is 317 g/mol. The summed E-state index contributed by atoms with van der Waals surface area (Å²) in [4.78, 5) is 2.21. The van der Waals surface area contributed by atoms with E-state index in [1.165, 1.54) is 12.1 Å². The third-order valence-electron chi connectivity index (χ3n) is 4.53. The van der Waals surface area contributed by atoms with Gasteiger partial charge >= 0.3 is 0 Å². The molecule has 1 fully saturated rings. The first kappa shape index (κ1) is 16.4. The smallest absolute Gasteiger partial charge is 0.131 e. The molecule has 0 amide bonds. The van der Waals surface area contributed by atoms with Crippen molar-refractivity contribution in [2.24, 2.45) is 7.05 Å². The molecule has 4 nitrogen and oxygen atoms in total. The number of β-amino-alcohol motifs (C(OH)–C–C–N with tert-alkyl or cyclic N) is 1. The van der Waals surface area contributed by atoms with E-state index >= 15 is 0 Å². The fourth-order valence-electron chi connectivity index (χ4n) is 3.44. The first-order chi connectivity index (χ1) is 11.0. The van der Waals surface area contributed by atoms with Crippen LogP contribution in [-0.2, 0) is 7.05 Å². The maximum atomic E-state index is 13.3. The Morgan fingerprint density at radius 3 is 2.91 bits per heavy atom. The summed E-state index contributed by atoms with van der Waals surface area (Å²) < 4.78 is 15.0. The number of hydrogen-bond donors (Lipinski definition) is 1. The van der Waals surface area contributed by atoms with Gasteiger partial charge in [-0.3, -0.25) is 9.58 Å². The van der Waals surface area contributed by atoms with Crippen LogP contribution < -0.4 is 0 Å². The molecule has 0 radical (unpaired) electrons. The Hall–Kier alpha value is -1.43. The highest BCUT2D eigenvalue weighted by Crippen LogP contribution is 2.38. The van der Waals surface area contributed by atoms with Gasteiger partial charge in [0.2, 0.25) is 0 Å². The Bertz CT molecular complexity index is 703. The Kier molecular flexibility index (Phi) is 4.71. The largest absolute Gasteiger partial charge is 0.387 e. The van der Waals surface area contributed by atoms with Crippen molar-refractivity contribution in [1.82, 2.24) is 14.7 Å². The van der Waals surface area contributed by atoms with Gasteiger partial charge in [0.1, 0.15) is 11.0 Å². The highest BCUT2D eigenvalue weighted by molar-refractivity contribution is 6.30. The monoisotopic (exact) mass is 337 g/mol. The van der Waals surface area contributed by atoms with E-state index in [1.54, 1.807) is 16.8 Å². The standard InChI is InChI=1S/C17H21ClFN3O/c1-11-16(17(18)21(2)20-11)14-7-4-8-22(14)10-15(23)12-5-3-6-13(19)9-12/h3,5-6,9,14-15,23H,4,7-8,10H2,1-2H3/t14-,15-/m1/s1. The fourth-order valence-corrected chi connectivity index (χ4v) is 3.74. The third kappa shape index (κ3) is 3.27. The molecule has 2 heterocycles. The topological polar surface area (TPSA) is 41.3 Å². The number of aromatic nitrogens is 2. The number of halogens is 2. The molecule has 0 bridgehead atoms. The van der Waals surface area contributed by atoms with Gasteiger partial charge in [-0.2, -0.15) is 5.10 Å². The zero-order chi connectivity index (χ0) is 16.6. The molecule has 1 aliphatic rings. The molecule has 1 aromatic heterocycles. The van der Waals surface area contributed by atoms with Crippen LogP contribution in [0.2, 0.25) is 5.15 Å². The lowest BCUT2D eigenvalue weighted by atomic mass is 10.0. The molecule has 6 heteroatoms. The van der Waals surface area contributed by atoms with Gasteiger partial charge in [0.15, 0.2) is 0 Å². The van der Waals surface area contributed by atoms with Crippen molar-refractivity contribution in [3.05, 3.63) is 52.1 Å². The van der Waals surface area contributed by atoms with E-state index < -0.39 is 6.10 Å². The minimum Gasteiger partial charge on any atom is -0.387 e. The predicted molar refractivity (Wildman–Crippen MR) is 87.9 cm³/mol. The predicted octanol–water partition coefficient (Wildman–Crippen LogP) is 3.39. The maximum Gasteiger partial charge on any atom is 0.131 e. The van der Waals surface area contributed by atoms with Gasteiger partial charge in [-0.1, -0.05) is 23.7 Å². The molecule has 0 unspecified atom stereocenters. The number of hydrogen-bond acceptors (Lipinski definition) is 3. The number of aliphatic hydroxyl groups is 1. The molecule has 0 spiro atoms. The normalized spacial score (nSPS) is 20.1. The second kappa shape index (κ2) is 6.59. The molecule has 1 aromatic carbocycles. The summed E-state index contributed by atoms with van der Waals surface area (Å²) in [5.41, 5.74) is 2.57. The number of benzene rings is 1. The van der Waals surface area contributed by atoms with Crippen LogP contribution in [-0.4, -0.2) is 32.9 Å². The van der Waals surface area contributed by atoms with Gasteiger partial charge in [0, 0.05) is 25.2 Å². The van der Waals surface area contributed by atoms with Crippen molar-refractivity contribution in [2.75, 3.05) is 13.1 Å². The summed E-state index contributed by atoms with van der Waals surface area (Å²) in [6, 6.07) is 6.30. The van der Waals surface area contributed by atoms with Crippen LogP contribution in [0.4, 0.5) is 4.39 Å². The lowest BCUT2D eigenvalue weighted by Gasteiger charge is -2.27. The molecule has 1 aliphatic heterocycles. The summed E-state index contributed by atoms with van der Waals surface area (Å²) in [7, 11) is 1.83. The summed E-state index contributed by atoms with van der Waals surface area (Å²) >= 11 is 6.40. The van der Waals surface area contributed by atoms with Gasteiger partial charge in [0.05, 0.1) is 11.8 Å². The second-order valence-corrected chi connectivity index (χ2v) is 6.50. The van der Waals surface area contributed by atoms with Crippen LogP contribution in [0.3, 0.4) is 0 Å². The van der Waals surface area contributed by atoms with Gasteiger partial charge in [-0.25, -0.2) is 4.39 Å². The average Bonchev–Trinajstić information content (AvgIpc) is 3.04. The minimum atomic E-state index is -0.720. The molecule has 0 aliphatic carbocycles. The van der Waals surface area contributed by atoms with Gasteiger partial charge in [-0.15, -0.1) is 0 Å². The molecule has 1 saturated heterocycles. The van der Waals surface area contributed by atoms with E-state index in [0.717, 1.165) is 30.6 Å². The second-order valence-electron chi connectivity index (χ2n) is 6.14. The van der Waals surface area contributed by atoms with E-state index in [9.17, 15) is 9.50 Å². The Balaban J connectivity index is 1.79. The van der Waals surface area contributed by atoms with Crippen molar-refractivity contribution in [3.63, 3.8) is 0 Å². The summed E-state index contributed by atoms with van der Waals surface area (Å²) in [6.07, 6.45) is 1.31. The number of likely N-dealkylation sites (tertiary alicyclic amines) is 1. The molecule has 0 saturated carbocycles. The Morgan fingerprint density at radius 2 is 2.26 bits per heavy atom. The summed E-state index contributed by atoms with van der Waals surface area (Å²) in [5, 5.41) is 15.5. The zero-order valence-electron chi connectivity index (χ0n) is 13.3. The minimum absolute atomic E-state index is 0.152. The van der Waals surface area contributed by atoms with Crippen molar-refractivity contribution >= 4 is 11.6 Å². The van der Waals surface area contributed by atoms with E-state index in [1.807, 2.05) is 14.0 Å². The molecule has 2 aromatic rings. The van der Waals surface area contributed by atoms with Crippen LogP contribution in [0.1, 0.15) is 41.8 Å². The van der Waals surface area contributed by atoms with Gasteiger partial charge < -0.3 is 5.11 Å². The molecule has 1 N–H and O–H groups in total. The lowest BCUT2D eigenvalue weighted by Crippen LogP contribution is -2.28. The van der Waals surface area contributed by atoms with Gasteiger partial charge in [0.25, 0.3) is 0 Å². The van der Waals surface area contributed by atoms with Crippen LogP contribution in [0.25, 0.3) is 0 Å². The van der Waals surface area contributed by atoms with Crippen LogP contribution in [0, 0.1) is 12.7 Å². The van der Waals surface area contributed by atoms with Gasteiger partial charge in [-0.05, 0) is 44.0 Å². The first-order valence-corrected chi connectivity index (χ1v) is 8.21. The summed E-state index contributed by atoms with van der Waals surface area (Å²) in [5.74, 6) is -0.328. The molecular formula is C17H21ClFN3O. The van der Waals surface area contributed by atoms with Crippen LogP contribution >= 0.6 is 11.6 Å². The highest BCUT2D eigenvalue weighted by atomic mass is 35.5. The van der Waals surface area contributed by atoms with Crippen molar-refractivity contribution in [3.8, 4) is 0 Å². The number of nitrogens with zero attached hydrogens (tertiary/aromatic N) is 3. The number of aliphatic hydroxyl groups excluding tert-OH is 1. The quantitative estimate of drug-likeness (QED) is 0.929. The number of aryl methyl sites for hydroxylation is 2. The maximum absolute atomic E-state index is 13.3. The Labute approximate surface area is 140 Å². The molecule has 124 valence electrons. The van der Waals surface area contributed by atoms with E-state index in [-0.39, 0.29) is 11.9 Å². The average molecular weight is 338 g/mol. The van der Waals surface area contributed by atoms with Crippen molar-refractivity contribution in [2.45, 2.75) is 31.9 Å². The molecule has 3 rings (SSSR count). The zero-order valence-corrected chi connectivity index (χ0v) is 14.1. The lowest BCUT2D eigenvalue weighted by molar-refractivity contribution is 0.106. The molecule has 23 heavy (non-hydrogen) atoms. The SMILES string of the molecule is Cc1nn(C)c(Cl)c1[C@H]1CCCN1C[C@@H](O)c1cccc(F)c1. The van der Waals surface area contributed by atoms with Crippen molar-refractivity contribution < 1.29 is 9.50 Å². The summed E-state index contributed by atoms with van der Waals surface area (Å²) in [6.45, 7) is 3.31. The third-order valence-corrected chi connectivity index (χ3v) is 4.98. The fraction of sp³-hybridized carbons (Fsp3) is 0.471. The van der Waals surface area contributed by atoms with E-state index in [2.05, 4.69) is 10.00 Å². The van der Waals surface area contributed by atoms with Crippen LogP contribution in [0.5, 0.6) is 0 Å². The highest BCUT2D eigenvalue weighted by Gasteiger charge is 2.32.